The first-order chi connectivity index (χ1) is 9.22. The SMILES string of the molecule is CC.CCCCCCCCN1CCC(NC(C)C)C1. The fourth-order valence-electron chi connectivity index (χ4n) is 2.76. The van der Waals surface area contributed by atoms with Gasteiger partial charge in [0.1, 0.15) is 0 Å². The molecule has 2 heteroatoms. The fraction of sp³-hybridized carbons (Fsp3) is 1.00. The zero-order valence-corrected chi connectivity index (χ0v) is 14.2. The van der Waals surface area contributed by atoms with Crippen LogP contribution in [0.1, 0.15) is 79.6 Å². The Kier molecular flexibility index (Phi) is 12.9. The molecule has 19 heavy (non-hydrogen) atoms. The maximum atomic E-state index is 3.65. The molecule has 1 rings (SSSR count). The van der Waals surface area contributed by atoms with Crippen LogP contribution in [0, 0.1) is 0 Å². The Morgan fingerprint density at radius 2 is 1.68 bits per heavy atom. The maximum Gasteiger partial charge on any atom is 0.0209 e. The highest BCUT2D eigenvalue weighted by atomic mass is 15.2. The third-order valence-corrected chi connectivity index (χ3v) is 3.67. The second-order valence-electron chi connectivity index (χ2n) is 5.88. The molecule has 1 fully saturated rings. The van der Waals surface area contributed by atoms with E-state index in [2.05, 4.69) is 31.0 Å². The summed E-state index contributed by atoms with van der Waals surface area (Å²) in [5.41, 5.74) is 0. The van der Waals surface area contributed by atoms with E-state index in [1.165, 1.54) is 64.6 Å². The van der Waals surface area contributed by atoms with Crippen LogP contribution in [0.3, 0.4) is 0 Å². The molecule has 0 saturated carbocycles. The van der Waals surface area contributed by atoms with Gasteiger partial charge in [0.2, 0.25) is 0 Å². The third kappa shape index (κ3) is 10.4. The summed E-state index contributed by atoms with van der Waals surface area (Å²) in [6.07, 6.45) is 9.83. The Labute approximate surface area is 122 Å². The normalized spacial score (nSPS) is 19.6. The highest BCUT2D eigenvalue weighted by Gasteiger charge is 2.21. The molecule has 116 valence electrons. The lowest BCUT2D eigenvalue weighted by Gasteiger charge is -2.18. The molecule has 1 atom stereocenters. The largest absolute Gasteiger partial charge is 0.310 e. The van der Waals surface area contributed by atoms with E-state index in [4.69, 9.17) is 0 Å². The average molecular weight is 271 g/mol. The van der Waals surface area contributed by atoms with E-state index < -0.39 is 0 Å². The predicted octanol–water partition coefficient (Wildman–Crippen LogP) is 4.45. The van der Waals surface area contributed by atoms with Gasteiger partial charge in [0.15, 0.2) is 0 Å². The van der Waals surface area contributed by atoms with Crippen LogP contribution >= 0.6 is 0 Å². The van der Waals surface area contributed by atoms with Crippen molar-refractivity contribution in [1.82, 2.24) is 10.2 Å². The van der Waals surface area contributed by atoms with Crippen molar-refractivity contribution < 1.29 is 0 Å². The molecule has 0 bridgehead atoms. The summed E-state index contributed by atoms with van der Waals surface area (Å²) >= 11 is 0. The Bertz CT molecular complexity index is 180. The Hall–Kier alpha value is -0.0800. The van der Waals surface area contributed by atoms with Crippen LogP contribution in [-0.2, 0) is 0 Å². The van der Waals surface area contributed by atoms with Gasteiger partial charge >= 0.3 is 0 Å². The van der Waals surface area contributed by atoms with Gasteiger partial charge < -0.3 is 10.2 Å². The molecule has 0 radical (unpaired) electrons. The smallest absolute Gasteiger partial charge is 0.0209 e. The van der Waals surface area contributed by atoms with Gasteiger partial charge in [0, 0.05) is 18.6 Å². The molecule has 1 saturated heterocycles. The number of nitrogens with zero attached hydrogens (tertiary/aromatic N) is 1. The van der Waals surface area contributed by atoms with Crippen LogP contribution in [0.15, 0.2) is 0 Å². The highest BCUT2D eigenvalue weighted by Crippen LogP contribution is 2.12. The summed E-state index contributed by atoms with van der Waals surface area (Å²) in [7, 11) is 0. The van der Waals surface area contributed by atoms with Crippen molar-refractivity contribution in [2.24, 2.45) is 0 Å². The molecule has 1 aliphatic rings. The zero-order valence-electron chi connectivity index (χ0n) is 14.2. The monoisotopic (exact) mass is 270 g/mol. The molecule has 0 aromatic rings. The second kappa shape index (κ2) is 12.9. The van der Waals surface area contributed by atoms with Crippen molar-refractivity contribution in [3.05, 3.63) is 0 Å². The molecule has 0 aromatic carbocycles. The standard InChI is InChI=1S/C15H32N2.C2H6/c1-4-5-6-7-8-9-11-17-12-10-15(13-17)16-14(2)3;1-2/h14-16H,4-13H2,1-3H3;1-2H3. The molecule has 1 aliphatic heterocycles. The second-order valence-corrected chi connectivity index (χ2v) is 5.88. The highest BCUT2D eigenvalue weighted by molar-refractivity contribution is 4.81. The number of likely N-dealkylation sites (tertiary alicyclic amines) is 1. The topological polar surface area (TPSA) is 15.3 Å². The van der Waals surface area contributed by atoms with E-state index in [0.717, 1.165) is 6.04 Å². The summed E-state index contributed by atoms with van der Waals surface area (Å²) in [5.74, 6) is 0. The van der Waals surface area contributed by atoms with Gasteiger partial charge in [-0.15, -0.1) is 0 Å². The summed E-state index contributed by atoms with van der Waals surface area (Å²) in [6.45, 7) is 14.7. The average Bonchev–Trinajstić information content (AvgIpc) is 2.83. The summed E-state index contributed by atoms with van der Waals surface area (Å²) in [5, 5.41) is 3.65. The first kappa shape index (κ1) is 18.9. The van der Waals surface area contributed by atoms with Crippen LogP contribution in [-0.4, -0.2) is 36.6 Å². The van der Waals surface area contributed by atoms with Gasteiger partial charge in [0.25, 0.3) is 0 Å². The quantitative estimate of drug-likeness (QED) is 0.623. The lowest BCUT2D eigenvalue weighted by atomic mass is 10.1. The van der Waals surface area contributed by atoms with Gasteiger partial charge in [-0.1, -0.05) is 66.7 Å². The molecule has 0 amide bonds. The van der Waals surface area contributed by atoms with Gasteiger partial charge in [-0.3, -0.25) is 0 Å². The predicted molar refractivity (Wildman–Crippen MR) is 87.8 cm³/mol. The number of unbranched alkanes of at least 4 members (excludes halogenated alkanes) is 5. The van der Waals surface area contributed by atoms with E-state index in [1.807, 2.05) is 13.8 Å². The van der Waals surface area contributed by atoms with E-state index in [0.29, 0.717) is 6.04 Å². The molecule has 1 N–H and O–H groups in total. The molecule has 0 aliphatic carbocycles. The number of rotatable bonds is 9. The minimum atomic E-state index is 0.633. The first-order valence-corrected chi connectivity index (χ1v) is 8.70. The van der Waals surface area contributed by atoms with Gasteiger partial charge in [0.05, 0.1) is 0 Å². The van der Waals surface area contributed by atoms with Crippen molar-refractivity contribution in [3.8, 4) is 0 Å². The van der Waals surface area contributed by atoms with E-state index in [-0.39, 0.29) is 0 Å². The van der Waals surface area contributed by atoms with Crippen molar-refractivity contribution in [1.29, 1.82) is 0 Å². The molecule has 1 unspecified atom stereocenters. The number of nitrogens with one attached hydrogen (secondary N) is 1. The Morgan fingerprint density at radius 1 is 1.05 bits per heavy atom. The molecule has 0 aromatic heterocycles. The summed E-state index contributed by atoms with van der Waals surface area (Å²) in [6, 6.07) is 1.38. The van der Waals surface area contributed by atoms with Crippen LogP contribution < -0.4 is 5.32 Å². The van der Waals surface area contributed by atoms with Crippen LogP contribution in [0.5, 0.6) is 0 Å². The molecular formula is C17H38N2. The Morgan fingerprint density at radius 3 is 2.32 bits per heavy atom. The number of hydrogen-bond donors (Lipinski definition) is 1. The van der Waals surface area contributed by atoms with E-state index >= 15 is 0 Å². The lowest BCUT2D eigenvalue weighted by molar-refractivity contribution is 0.314. The lowest BCUT2D eigenvalue weighted by Crippen LogP contribution is -2.37. The maximum absolute atomic E-state index is 3.65. The molecule has 1 heterocycles. The molecule has 0 spiro atoms. The molecule has 2 nitrogen and oxygen atoms in total. The summed E-state index contributed by atoms with van der Waals surface area (Å²) < 4.78 is 0. The Balaban J connectivity index is 0.00000154. The van der Waals surface area contributed by atoms with Gasteiger partial charge in [-0.05, 0) is 25.9 Å². The van der Waals surface area contributed by atoms with Crippen molar-refractivity contribution in [3.63, 3.8) is 0 Å². The van der Waals surface area contributed by atoms with Crippen molar-refractivity contribution in [2.45, 2.75) is 91.6 Å². The minimum absolute atomic E-state index is 0.633. The van der Waals surface area contributed by atoms with Crippen LogP contribution in [0.25, 0.3) is 0 Å². The minimum Gasteiger partial charge on any atom is -0.310 e. The van der Waals surface area contributed by atoms with Crippen molar-refractivity contribution >= 4 is 0 Å². The van der Waals surface area contributed by atoms with Gasteiger partial charge in [-0.2, -0.15) is 0 Å². The van der Waals surface area contributed by atoms with E-state index in [9.17, 15) is 0 Å². The third-order valence-electron chi connectivity index (χ3n) is 3.67. The first-order valence-electron chi connectivity index (χ1n) is 8.70. The number of hydrogen-bond acceptors (Lipinski definition) is 2. The molecular weight excluding hydrogens is 232 g/mol. The fourth-order valence-corrected chi connectivity index (χ4v) is 2.76. The zero-order chi connectivity index (χ0) is 14.5. The van der Waals surface area contributed by atoms with E-state index in [1.54, 1.807) is 0 Å². The van der Waals surface area contributed by atoms with Gasteiger partial charge in [-0.25, -0.2) is 0 Å². The van der Waals surface area contributed by atoms with Crippen LogP contribution in [0.2, 0.25) is 0 Å². The summed E-state index contributed by atoms with van der Waals surface area (Å²) in [4.78, 5) is 2.64. The van der Waals surface area contributed by atoms with Crippen molar-refractivity contribution in [2.75, 3.05) is 19.6 Å². The van der Waals surface area contributed by atoms with Crippen LogP contribution in [0.4, 0.5) is 0 Å².